The van der Waals surface area contributed by atoms with Crippen LogP contribution in [0.3, 0.4) is 0 Å². The highest BCUT2D eigenvalue weighted by atomic mass is 16.5. The zero-order valence-corrected chi connectivity index (χ0v) is 12.1. The topological polar surface area (TPSA) is 66.7 Å². The number of morpholine rings is 1. The molecule has 0 aromatic carbocycles. The van der Waals surface area contributed by atoms with Gasteiger partial charge < -0.3 is 19.8 Å². The Bertz CT molecular complexity index is 406. The van der Waals surface area contributed by atoms with Gasteiger partial charge in [0.25, 0.3) is 0 Å². The van der Waals surface area contributed by atoms with Crippen molar-refractivity contribution >= 4 is 5.91 Å². The Morgan fingerprint density at radius 2 is 2.45 bits per heavy atom. The Kier molecular flexibility index (Phi) is 5.58. The summed E-state index contributed by atoms with van der Waals surface area (Å²) in [5.74, 6) is 0.784. The zero-order valence-electron chi connectivity index (χ0n) is 12.1. The molecule has 0 spiro atoms. The summed E-state index contributed by atoms with van der Waals surface area (Å²) in [6.07, 6.45) is 1.75. The van der Waals surface area contributed by atoms with Crippen LogP contribution in [0.15, 0.2) is 22.8 Å². The third-order valence-corrected chi connectivity index (χ3v) is 3.55. The van der Waals surface area contributed by atoms with Crippen LogP contribution in [0.4, 0.5) is 0 Å². The van der Waals surface area contributed by atoms with Gasteiger partial charge in [0.15, 0.2) is 0 Å². The van der Waals surface area contributed by atoms with Crippen molar-refractivity contribution in [3.63, 3.8) is 0 Å². The molecular weight excluding hydrogens is 258 g/mol. The second-order valence-corrected chi connectivity index (χ2v) is 5.02. The lowest BCUT2D eigenvalue weighted by molar-refractivity contribution is -0.129. The summed E-state index contributed by atoms with van der Waals surface area (Å²) in [6, 6.07) is 3.51. The molecule has 0 bridgehead atoms. The minimum atomic E-state index is -0.159. The lowest BCUT2D eigenvalue weighted by Crippen LogP contribution is -2.53. The fourth-order valence-corrected chi connectivity index (χ4v) is 2.35. The van der Waals surface area contributed by atoms with E-state index in [1.54, 1.807) is 6.26 Å². The van der Waals surface area contributed by atoms with Crippen molar-refractivity contribution in [3.05, 3.63) is 24.2 Å². The molecule has 6 nitrogen and oxygen atoms in total. The minimum absolute atomic E-state index is 0.0199. The molecule has 2 atom stereocenters. The van der Waals surface area contributed by atoms with E-state index < -0.39 is 0 Å². The summed E-state index contributed by atoms with van der Waals surface area (Å²) >= 11 is 0. The molecule has 0 saturated carbocycles. The van der Waals surface area contributed by atoms with E-state index in [0.717, 1.165) is 25.4 Å². The second kappa shape index (κ2) is 7.42. The summed E-state index contributed by atoms with van der Waals surface area (Å²) in [6.45, 7) is 5.39. The highest BCUT2D eigenvalue weighted by molar-refractivity contribution is 5.81. The van der Waals surface area contributed by atoms with E-state index in [0.29, 0.717) is 13.2 Å². The molecule has 1 aromatic heterocycles. The van der Waals surface area contributed by atoms with Gasteiger partial charge in [-0.15, -0.1) is 0 Å². The largest absolute Gasteiger partial charge is 0.467 e. The molecule has 2 rings (SSSR count). The van der Waals surface area contributed by atoms with Crippen LogP contribution < -0.4 is 10.6 Å². The zero-order chi connectivity index (χ0) is 14.4. The normalized spacial score (nSPS) is 21.6. The van der Waals surface area contributed by atoms with Crippen molar-refractivity contribution < 1.29 is 13.9 Å². The molecular formula is C14H23N3O3. The summed E-state index contributed by atoms with van der Waals surface area (Å²) in [5.41, 5.74) is 0. The van der Waals surface area contributed by atoms with Crippen LogP contribution in [0.5, 0.6) is 0 Å². The molecule has 112 valence electrons. The molecule has 1 saturated heterocycles. The molecule has 1 aliphatic rings. The van der Waals surface area contributed by atoms with E-state index in [-0.39, 0.29) is 18.1 Å². The summed E-state index contributed by atoms with van der Waals surface area (Å²) in [7, 11) is 1.90. The van der Waals surface area contributed by atoms with Gasteiger partial charge in [-0.25, -0.2) is 0 Å². The first kappa shape index (κ1) is 15.0. The van der Waals surface area contributed by atoms with Crippen molar-refractivity contribution in [2.24, 2.45) is 0 Å². The Balaban J connectivity index is 1.80. The van der Waals surface area contributed by atoms with Crippen molar-refractivity contribution in [1.29, 1.82) is 0 Å². The Labute approximate surface area is 119 Å². The predicted octanol–water partition coefficient (Wildman–Crippen LogP) is 0.205. The van der Waals surface area contributed by atoms with E-state index in [1.807, 2.05) is 26.1 Å². The number of nitrogens with one attached hydrogen (secondary N) is 2. The smallest absolute Gasteiger partial charge is 0.237 e. The highest BCUT2D eigenvalue weighted by Gasteiger charge is 2.27. The molecule has 2 heterocycles. The van der Waals surface area contributed by atoms with Gasteiger partial charge in [-0.3, -0.25) is 9.69 Å². The fraction of sp³-hybridized carbons (Fsp3) is 0.643. The molecule has 0 aliphatic carbocycles. The molecule has 0 radical (unpaired) electrons. The number of furan rings is 1. The van der Waals surface area contributed by atoms with Crippen LogP contribution in [0, 0.1) is 0 Å². The number of likely N-dealkylation sites (N-methyl/N-ethyl adjacent to an activating group) is 1. The summed E-state index contributed by atoms with van der Waals surface area (Å²) in [4.78, 5) is 14.3. The van der Waals surface area contributed by atoms with E-state index in [2.05, 4.69) is 15.5 Å². The van der Waals surface area contributed by atoms with E-state index in [1.165, 1.54) is 0 Å². The second-order valence-electron chi connectivity index (χ2n) is 5.02. The average Bonchev–Trinajstić information content (AvgIpc) is 2.98. The maximum absolute atomic E-state index is 12.2. The maximum Gasteiger partial charge on any atom is 0.237 e. The number of amides is 1. The highest BCUT2D eigenvalue weighted by Crippen LogP contribution is 2.09. The number of carbonyl (C=O) groups excluding carboxylic acids is 1. The molecule has 1 aliphatic heterocycles. The number of hydrogen-bond donors (Lipinski definition) is 2. The molecule has 2 unspecified atom stereocenters. The van der Waals surface area contributed by atoms with Crippen LogP contribution in [0.1, 0.15) is 12.7 Å². The number of ether oxygens (including phenoxy) is 1. The quantitative estimate of drug-likeness (QED) is 0.780. The van der Waals surface area contributed by atoms with Gasteiger partial charge in [0.05, 0.1) is 31.6 Å². The molecule has 20 heavy (non-hydrogen) atoms. The van der Waals surface area contributed by atoms with Crippen LogP contribution in [-0.4, -0.2) is 56.2 Å². The third kappa shape index (κ3) is 4.06. The minimum Gasteiger partial charge on any atom is -0.467 e. The van der Waals surface area contributed by atoms with Crippen molar-refractivity contribution in [1.82, 2.24) is 15.5 Å². The van der Waals surface area contributed by atoms with Gasteiger partial charge in [0.2, 0.25) is 5.91 Å². The molecule has 1 amide bonds. The maximum atomic E-state index is 12.2. The van der Waals surface area contributed by atoms with Gasteiger partial charge >= 0.3 is 0 Å². The monoisotopic (exact) mass is 281 g/mol. The summed E-state index contributed by atoms with van der Waals surface area (Å²) in [5, 5.41) is 6.00. The summed E-state index contributed by atoms with van der Waals surface area (Å²) < 4.78 is 10.8. The van der Waals surface area contributed by atoms with Gasteiger partial charge in [-0.1, -0.05) is 0 Å². The Morgan fingerprint density at radius 3 is 3.15 bits per heavy atom. The van der Waals surface area contributed by atoms with Gasteiger partial charge in [-0.2, -0.15) is 0 Å². The van der Waals surface area contributed by atoms with Crippen LogP contribution in [0.2, 0.25) is 0 Å². The number of rotatable bonds is 6. The molecule has 2 N–H and O–H groups in total. The van der Waals surface area contributed by atoms with Gasteiger partial charge in [0.1, 0.15) is 5.76 Å². The first-order valence-corrected chi connectivity index (χ1v) is 7.01. The van der Waals surface area contributed by atoms with Crippen molar-refractivity contribution in [2.75, 3.05) is 33.3 Å². The Hall–Kier alpha value is -1.37. The van der Waals surface area contributed by atoms with E-state index in [9.17, 15) is 4.79 Å². The van der Waals surface area contributed by atoms with Crippen LogP contribution in [0.25, 0.3) is 0 Å². The van der Waals surface area contributed by atoms with E-state index in [4.69, 9.17) is 9.15 Å². The molecule has 1 aromatic rings. The van der Waals surface area contributed by atoms with Crippen molar-refractivity contribution in [3.8, 4) is 0 Å². The third-order valence-electron chi connectivity index (χ3n) is 3.55. The number of nitrogens with zero attached hydrogens (tertiary/aromatic N) is 1. The van der Waals surface area contributed by atoms with E-state index >= 15 is 0 Å². The standard InChI is InChI=1S/C14H23N3O3/c1-11(14(18)16-9-12-4-3-6-19-12)17-5-7-20-13(10-17)8-15-2/h3-4,6,11,13,15H,5,7-10H2,1-2H3,(H,16,18). The predicted molar refractivity (Wildman–Crippen MR) is 75.3 cm³/mol. The molecule has 6 heteroatoms. The van der Waals surface area contributed by atoms with Crippen LogP contribution >= 0.6 is 0 Å². The van der Waals surface area contributed by atoms with Gasteiger partial charge in [-0.05, 0) is 26.1 Å². The molecule has 1 fully saturated rings. The lowest BCUT2D eigenvalue weighted by Gasteiger charge is -2.36. The number of carbonyl (C=O) groups is 1. The first-order chi connectivity index (χ1) is 9.70. The average molecular weight is 281 g/mol. The number of hydrogen-bond acceptors (Lipinski definition) is 5. The van der Waals surface area contributed by atoms with Crippen LogP contribution in [-0.2, 0) is 16.1 Å². The SMILES string of the molecule is CNCC1CN(C(C)C(=O)NCc2ccco2)CCO1. The Morgan fingerprint density at radius 1 is 1.60 bits per heavy atom. The first-order valence-electron chi connectivity index (χ1n) is 7.01. The van der Waals surface area contributed by atoms with Gasteiger partial charge in [0, 0.05) is 19.6 Å². The van der Waals surface area contributed by atoms with Crippen molar-refractivity contribution in [2.45, 2.75) is 25.6 Å². The fourth-order valence-electron chi connectivity index (χ4n) is 2.35. The lowest BCUT2D eigenvalue weighted by atomic mass is 10.2.